The van der Waals surface area contributed by atoms with Gasteiger partial charge in [0.2, 0.25) is 0 Å². The number of aliphatic hydroxyl groups is 1. The summed E-state index contributed by atoms with van der Waals surface area (Å²) in [6, 6.07) is 59.8. The molecule has 1 fully saturated rings. The third-order valence-corrected chi connectivity index (χ3v) is 13.3. The Hall–Kier alpha value is -7.85. The Kier molecular flexibility index (Phi) is 18.8. The molecule has 0 radical (unpaired) electrons. The van der Waals surface area contributed by atoms with Crippen LogP contribution >= 0.6 is 0 Å². The van der Waals surface area contributed by atoms with Crippen molar-refractivity contribution >= 4 is 65.3 Å². The van der Waals surface area contributed by atoms with E-state index in [1.165, 1.54) is 54.6 Å². The normalized spacial score (nSPS) is 18.0. The Bertz CT molecular complexity index is 3450. The number of rotatable bonds is 18. The number of aliphatic carboxylic acids is 1. The van der Waals surface area contributed by atoms with Gasteiger partial charge in [0.1, 0.15) is 11.4 Å². The van der Waals surface area contributed by atoms with Crippen LogP contribution in [0.1, 0.15) is 51.8 Å². The van der Waals surface area contributed by atoms with Crippen LogP contribution in [0.15, 0.2) is 258 Å². The van der Waals surface area contributed by atoms with Gasteiger partial charge in [0.25, 0.3) is 0 Å². The molecule has 9 heteroatoms. The van der Waals surface area contributed by atoms with Crippen LogP contribution in [0.4, 0.5) is 4.39 Å². The van der Waals surface area contributed by atoms with E-state index in [0.717, 1.165) is 5.56 Å². The van der Waals surface area contributed by atoms with Crippen LogP contribution in [0.3, 0.4) is 0 Å². The number of carboxylic acid groups (broad SMARTS) is 1. The summed E-state index contributed by atoms with van der Waals surface area (Å²) in [6.45, 7) is 0. The van der Waals surface area contributed by atoms with E-state index in [1.807, 2.05) is 115 Å². The van der Waals surface area contributed by atoms with Gasteiger partial charge in [-0.25, -0.2) is 9.18 Å². The minimum atomic E-state index is -2.85. The monoisotopic (exact) mass is 1180 g/mol. The summed E-state index contributed by atoms with van der Waals surface area (Å²) in [7, 11) is 0. The van der Waals surface area contributed by atoms with Crippen LogP contribution < -0.4 is 0 Å². The van der Waals surface area contributed by atoms with Crippen LogP contribution in [0.5, 0.6) is 0 Å². The second-order valence-electron chi connectivity index (χ2n) is 18.2. The molecule has 2 atom stereocenters. The van der Waals surface area contributed by atoms with Crippen molar-refractivity contribution in [2.75, 3.05) is 0 Å². The topological polar surface area (TPSA) is 109 Å². The van der Waals surface area contributed by atoms with E-state index in [-0.39, 0.29) is 68.7 Å². The van der Waals surface area contributed by atoms with Crippen LogP contribution in [-0.4, -0.2) is 39.1 Å². The standard InChI is InChI=1S/C67H51FO6.2Pd/c68-55-38-34-53(35-39-55)59-46-66(74,57(44-51-27-15-5-16-28-51)61(70)41-32-48-21-9-2-10-22-48)64(65(72)73)63(56(43-50-25-13-4-14-26-50)60(69)40-31-47-19-7-1-8-20-47)67(59,54-36-37-54)58(45-52-29-17-6-18-30-52)62(71)42-33-49-23-11-3-12-24-49;;/h1-35,38-46,54,74H,36-37H2,(H,72,73);;. The van der Waals surface area contributed by atoms with Gasteiger partial charge in [-0.2, -0.15) is 0 Å². The summed E-state index contributed by atoms with van der Waals surface area (Å²) >= 11 is 0. The molecule has 0 spiro atoms. The fourth-order valence-corrected chi connectivity index (χ4v) is 9.77. The summed E-state index contributed by atoms with van der Waals surface area (Å²) in [6.07, 6.45) is 16.0. The maximum atomic E-state index is 15.9. The third-order valence-electron chi connectivity index (χ3n) is 13.3. The number of benzene rings is 7. The number of carbonyl (C=O) groups is 4. The fraction of sp³-hybridized carbons (Fsp3) is 0.0746. The number of carboxylic acids is 1. The molecule has 7 aromatic rings. The molecule has 0 bridgehead atoms. The van der Waals surface area contributed by atoms with E-state index in [0.29, 0.717) is 46.2 Å². The Morgan fingerprint density at radius 2 is 0.803 bits per heavy atom. The Labute approximate surface area is 469 Å². The minimum Gasteiger partial charge on any atom is -0.478 e. The number of hydrogen-bond donors (Lipinski definition) is 2. The Balaban J connectivity index is 0.00000420. The minimum absolute atomic E-state index is 0. The first-order valence-corrected chi connectivity index (χ1v) is 24.4. The fourth-order valence-electron chi connectivity index (χ4n) is 9.77. The molecule has 76 heavy (non-hydrogen) atoms. The first kappa shape index (κ1) is 55.9. The Morgan fingerprint density at radius 1 is 0.447 bits per heavy atom. The van der Waals surface area contributed by atoms with Gasteiger partial charge in [0.15, 0.2) is 17.3 Å². The van der Waals surface area contributed by atoms with Crippen LogP contribution in [0.2, 0.25) is 0 Å². The van der Waals surface area contributed by atoms with Gasteiger partial charge in [-0.3, -0.25) is 14.4 Å². The van der Waals surface area contributed by atoms with Gasteiger partial charge >= 0.3 is 5.97 Å². The van der Waals surface area contributed by atoms with Crippen molar-refractivity contribution in [1.29, 1.82) is 0 Å². The molecule has 1 saturated carbocycles. The molecular weight excluding hydrogens is 1130 g/mol. The predicted octanol–water partition coefficient (Wildman–Crippen LogP) is 13.8. The number of carbonyl (C=O) groups excluding carboxylic acids is 3. The second-order valence-corrected chi connectivity index (χ2v) is 18.2. The molecule has 0 aliphatic heterocycles. The Morgan fingerprint density at radius 3 is 1.20 bits per heavy atom. The second kappa shape index (κ2) is 25.6. The van der Waals surface area contributed by atoms with Crippen molar-refractivity contribution in [1.82, 2.24) is 0 Å². The van der Waals surface area contributed by atoms with Crippen molar-refractivity contribution in [3.05, 3.63) is 303 Å². The summed E-state index contributed by atoms with van der Waals surface area (Å²) in [5.74, 6) is -4.70. The van der Waals surface area contributed by atoms with E-state index in [1.54, 1.807) is 97.1 Å². The maximum absolute atomic E-state index is 15.9. The quantitative estimate of drug-likeness (QED) is 0.0654. The zero-order valence-electron chi connectivity index (χ0n) is 40.9. The van der Waals surface area contributed by atoms with E-state index in [9.17, 15) is 10.2 Å². The van der Waals surface area contributed by atoms with Crippen molar-refractivity contribution < 1.29 is 74.6 Å². The molecule has 0 heterocycles. The number of hydrogen-bond acceptors (Lipinski definition) is 5. The molecule has 9 rings (SSSR count). The van der Waals surface area contributed by atoms with Gasteiger partial charge in [-0.05, 0) is 124 Å². The molecule has 2 aliphatic rings. The largest absolute Gasteiger partial charge is 0.478 e. The molecule has 382 valence electrons. The van der Waals surface area contributed by atoms with Crippen LogP contribution in [0, 0.1) is 17.2 Å². The molecule has 2 N–H and O–H groups in total. The average Bonchev–Trinajstić information content (AvgIpc) is 4.31. The number of halogens is 1. The van der Waals surface area contributed by atoms with Crippen molar-refractivity contribution in [2.45, 2.75) is 18.4 Å². The van der Waals surface area contributed by atoms with Crippen molar-refractivity contribution in [2.24, 2.45) is 11.3 Å². The molecule has 2 unspecified atom stereocenters. The van der Waals surface area contributed by atoms with Gasteiger partial charge in [-0.15, -0.1) is 0 Å². The summed E-state index contributed by atoms with van der Waals surface area (Å²) in [5, 5.41) is 26.4. The molecule has 7 aromatic carbocycles. The van der Waals surface area contributed by atoms with E-state index < -0.39 is 51.6 Å². The van der Waals surface area contributed by atoms with Gasteiger partial charge in [0.05, 0.1) is 11.0 Å². The molecule has 0 saturated heterocycles. The van der Waals surface area contributed by atoms with Gasteiger partial charge in [0, 0.05) is 57.6 Å². The van der Waals surface area contributed by atoms with Crippen LogP contribution in [0.25, 0.3) is 42.0 Å². The van der Waals surface area contributed by atoms with Gasteiger partial charge in [-0.1, -0.05) is 212 Å². The summed E-state index contributed by atoms with van der Waals surface area (Å²) in [4.78, 5) is 62.0. The van der Waals surface area contributed by atoms with E-state index >= 15 is 23.6 Å². The SMILES string of the molecule is O=C(O)C1=C(C(=Cc2ccccc2)C(=O)C=Cc2ccccc2)C(C(=Cc2ccccc2)C(=O)C=Cc2ccccc2)(C2CC2)C(c2ccc(F)cc2)=CC1(O)C(=Cc1ccccc1)C(=O)C=Cc1ccccc1.[Pd].[Pd]. The molecule has 0 aromatic heterocycles. The number of allylic oxidation sites excluding steroid dienone is 7. The molecule has 0 amide bonds. The average molecular weight is 1180 g/mol. The van der Waals surface area contributed by atoms with Crippen molar-refractivity contribution in [3.8, 4) is 0 Å². The first-order valence-electron chi connectivity index (χ1n) is 24.4. The molecular formula is C67H51FO6Pd2. The summed E-state index contributed by atoms with van der Waals surface area (Å²) in [5.41, 5.74) is -1.89. The molecule has 2 aliphatic carbocycles. The third kappa shape index (κ3) is 12.6. The molecule has 6 nitrogen and oxygen atoms in total. The van der Waals surface area contributed by atoms with E-state index in [4.69, 9.17) is 0 Å². The van der Waals surface area contributed by atoms with Crippen molar-refractivity contribution in [3.63, 3.8) is 0 Å². The smallest absolute Gasteiger partial charge is 0.335 e. The summed E-state index contributed by atoms with van der Waals surface area (Å²) < 4.78 is 15.3. The predicted molar refractivity (Wildman–Crippen MR) is 294 cm³/mol. The van der Waals surface area contributed by atoms with Gasteiger partial charge < -0.3 is 10.2 Å². The van der Waals surface area contributed by atoms with E-state index in [2.05, 4.69) is 0 Å². The first-order chi connectivity index (χ1) is 36.0. The number of ketones is 3. The zero-order chi connectivity index (χ0) is 51.5. The zero-order valence-corrected chi connectivity index (χ0v) is 44.0. The van der Waals surface area contributed by atoms with Crippen LogP contribution in [-0.2, 0) is 60.0 Å². The maximum Gasteiger partial charge on any atom is 0.335 e.